The highest BCUT2D eigenvalue weighted by molar-refractivity contribution is 5.95. The van der Waals surface area contributed by atoms with Crippen LogP contribution in [0.1, 0.15) is 42.7 Å². The smallest absolute Gasteiger partial charge is 0.383 e. The third kappa shape index (κ3) is 5.69. The van der Waals surface area contributed by atoms with Crippen molar-refractivity contribution in [2.75, 3.05) is 19.0 Å². The highest BCUT2D eigenvalue weighted by Gasteiger charge is 2.34. The first-order chi connectivity index (χ1) is 14.3. The molecule has 0 saturated heterocycles. The number of ether oxygens (including phenoxy) is 1. The van der Waals surface area contributed by atoms with Gasteiger partial charge in [0.05, 0.1) is 24.6 Å². The van der Waals surface area contributed by atoms with E-state index in [0.717, 1.165) is 12.1 Å². The molecule has 3 rings (SSSR count). The zero-order valence-corrected chi connectivity index (χ0v) is 16.6. The number of benzene rings is 1. The van der Waals surface area contributed by atoms with Gasteiger partial charge in [-0.25, -0.2) is 0 Å². The molecule has 1 aromatic heterocycles. The van der Waals surface area contributed by atoms with Gasteiger partial charge in [-0.1, -0.05) is 18.2 Å². The van der Waals surface area contributed by atoms with E-state index < -0.39 is 23.6 Å². The predicted molar refractivity (Wildman–Crippen MR) is 104 cm³/mol. The number of hydrogen-bond acceptors (Lipinski definition) is 4. The lowest BCUT2D eigenvalue weighted by molar-refractivity contribution is -0.137. The summed E-state index contributed by atoms with van der Waals surface area (Å²) in [6, 6.07) is 6.44. The molecule has 0 bridgehead atoms. The second-order valence-corrected chi connectivity index (χ2v) is 7.51. The number of amides is 1. The quantitative estimate of drug-likeness (QED) is 0.696. The van der Waals surface area contributed by atoms with Gasteiger partial charge in [0.15, 0.2) is 5.82 Å². The van der Waals surface area contributed by atoms with Crippen LogP contribution in [-0.2, 0) is 27.0 Å². The third-order valence-corrected chi connectivity index (χ3v) is 5.27. The monoisotopic (exact) mass is 423 g/mol. The molecule has 0 radical (unpaired) electrons. The minimum Gasteiger partial charge on any atom is -0.383 e. The Hall–Kier alpha value is -2.68. The van der Waals surface area contributed by atoms with E-state index in [1.165, 1.54) is 12.1 Å². The molecule has 1 aromatic carbocycles. The Balaban J connectivity index is 1.81. The molecule has 1 aliphatic rings. The number of carbonyl (C=O) groups is 2. The summed E-state index contributed by atoms with van der Waals surface area (Å²) in [7, 11) is 1.57. The Morgan fingerprint density at radius 1 is 1.37 bits per heavy atom. The summed E-state index contributed by atoms with van der Waals surface area (Å²) < 4.78 is 46.1. The normalized spacial score (nSPS) is 17.9. The number of nitrogens with one attached hydrogen (secondary N) is 1. The van der Waals surface area contributed by atoms with Crippen molar-refractivity contribution in [3.8, 4) is 0 Å². The van der Waals surface area contributed by atoms with E-state index in [-0.39, 0.29) is 17.3 Å². The molecule has 0 aliphatic heterocycles. The van der Waals surface area contributed by atoms with Crippen molar-refractivity contribution in [3.05, 3.63) is 47.7 Å². The Bertz CT molecular complexity index is 895. The molecule has 6 nitrogen and oxygen atoms in total. The van der Waals surface area contributed by atoms with Crippen LogP contribution in [0.5, 0.6) is 0 Å². The minimum absolute atomic E-state index is 0.0259. The van der Waals surface area contributed by atoms with Gasteiger partial charge < -0.3 is 10.1 Å². The van der Waals surface area contributed by atoms with Crippen LogP contribution >= 0.6 is 0 Å². The molecular formula is C21H24F3N3O3. The summed E-state index contributed by atoms with van der Waals surface area (Å²) in [5.74, 6) is -0.837. The molecule has 0 spiro atoms. The highest BCUT2D eigenvalue weighted by atomic mass is 19.4. The largest absolute Gasteiger partial charge is 0.416 e. The lowest BCUT2D eigenvalue weighted by Gasteiger charge is -2.21. The molecule has 1 N–H and O–H groups in total. The van der Waals surface area contributed by atoms with E-state index in [0.29, 0.717) is 44.7 Å². The van der Waals surface area contributed by atoms with Crippen LogP contribution in [-0.4, -0.2) is 35.2 Å². The molecule has 1 unspecified atom stereocenters. The average molecular weight is 423 g/mol. The number of methoxy groups -OCH3 is 1. The van der Waals surface area contributed by atoms with E-state index in [9.17, 15) is 22.8 Å². The van der Waals surface area contributed by atoms with Crippen molar-refractivity contribution in [1.82, 2.24) is 9.78 Å². The van der Waals surface area contributed by atoms with Crippen LogP contribution in [0.15, 0.2) is 36.5 Å². The van der Waals surface area contributed by atoms with Crippen LogP contribution in [0.3, 0.4) is 0 Å². The zero-order valence-electron chi connectivity index (χ0n) is 16.6. The Morgan fingerprint density at radius 3 is 2.83 bits per heavy atom. The Kier molecular flexibility index (Phi) is 6.91. The Morgan fingerprint density at radius 2 is 2.17 bits per heavy atom. The number of ketones is 1. The average Bonchev–Trinajstić information content (AvgIpc) is 3.32. The first-order valence-electron chi connectivity index (χ1n) is 9.78. The number of Topliss-reactive ketones (excluding diaryl/α,β-unsaturated/α-hetero) is 1. The summed E-state index contributed by atoms with van der Waals surface area (Å²) in [6.07, 6.45) is -1.06. The maximum Gasteiger partial charge on any atom is 0.416 e. The first kappa shape index (κ1) is 22.0. The SMILES string of the molecule is COCCn1ccc(NC(=O)C(C[C@H]2CCC(=O)C2)c2cccc(C(F)(F)F)c2)n1. The summed E-state index contributed by atoms with van der Waals surface area (Å²) in [5.41, 5.74) is -0.523. The maximum absolute atomic E-state index is 13.2. The van der Waals surface area contributed by atoms with Gasteiger partial charge in [-0.2, -0.15) is 18.3 Å². The number of anilines is 1. The fourth-order valence-electron chi connectivity index (χ4n) is 3.70. The molecule has 162 valence electrons. The summed E-state index contributed by atoms with van der Waals surface area (Å²) in [4.78, 5) is 24.7. The van der Waals surface area contributed by atoms with Gasteiger partial charge in [-0.3, -0.25) is 14.3 Å². The topological polar surface area (TPSA) is 73.2 Å². The lowest BCUT2D eigenvalue weighted by Crippen LogP contribution is -2.24. The van der Waals surface area contributed by atoms with E-state index in [1.807, 2.05) is 0 Å². The van der Waals surface area contributed by atoms with Crippen LogP contribution in [0.25, 0.3) is 0 Å². The van der Waals surface area contributed by atoms with Gasteiger partial charge in [0, 0.05) is 32.2 Å². The molecule has 2 aromatic rings. The van der Waals surface area contributed by atoms with Gasteiger partial charge in [0.25, 0.3) is 0 Å². The number of nitrogens with zero attached hydrogens (tertiary/aromatic N) is 2. The summed E-state index contributed by atoms with van der Waals surface area (Å²) >= 11 is 0. The number of aromatic nitrogens is 2. The van der Waals surface area contributed by atoms with E-state index in [1.54, 1.807) is 24.1 Å². The van der Waals surface area contributed by atoms with E-state index in [2.05, 4.69) is 10.4 Å². The number of alkyl halides is 3. The van der Waals surface area contributed by atoms with Crippen molar-refractivity contribution in [2.24, 2.45) is 5.92 Å². The summed E-state index contributed by atoms with van der Waals surface area (Å²) in [5, 5.41) is 6.94. The third-order valence-electron chi connectivity index (χ3n) is 5.27. The second-order valence-electron chi connectivity index (χ2n) is 7.51. The van der Waals surface area contributed by atoms with Crippen molar-refractivity contribution < 1.29 is 27.5 Å². The number of carbonyl (C=O) groups excluding carboxylic acids is 2. The number of hydrogen-bond donors (Lipinski definition) is 1. The van der Waals surface area contributed by atoms with Crippen molar-refractivity contribution in [3.63, 3.8) is 0 Å². The standard InChI is InChI=1S/C21H24F3N3O3/c1-30-10-9-27-8-7-19(26-27)25-20(29)18(12-14-5-6-17(28)11-14)15-3-2-4-16(13-15)21(22,23)24/h2-4,7-8,13-14,18H,5-6,9-12H2,1H3,(H,25,26,29)/t14-,18?/m0/s1. The molecule has 1 heterocycles. The molecule has 1 saturated carbocycles. The molecule has 9 heteroatoms. The van der Waals surface area contributed by atoms with Crippen LogP contribution in [0.4, 0.5) is 19.0 Å². The van der Waals surface area contributed by atoms with Crippen LogP contribution in [0.2, 0.25) is 0 Å². The van der Waals surface area contributed by atoms with Crippen molar-refractivity contribution in [1.29, 1.82) is 0 Å². The molecule has 1 aliphatic carbocycles. The van der Waals surface area contributed by atoms with Crippen molar-refractivity contribution >= 4 is 17.5 Å². The summed E-state index contributed by atoms with van der Waals surface area (Å²) in [6.45, 7) is 0.964. The van der Waals surface area contributed by atoms with Gasteiger partial charge in [-0.15, -0.1) is 0 Å². The van der Waals surface area contributed by atoms with E-state index >= 15 is 0 Å². The predicted octanol–water partition coefficient (Wildman–Crippen LogP) is 4.03. The molecule has 2 atom stereocenters. The zero-order chi connectivity index (χ0) is 21.7. The van der Waals surface area contributed by atoms with Gasteiger partial charge in [-0.05, 0) is 30.4 Å². The lowest BCUT2D eigenvalue weighted by atomic mass is 9.86. The Labute approximate surface area is 172 Å². The fraction of sp³-hybridized carbons (Fsp3) is 0.476. The van der Waals surface area contributed by atoms with Crippen LogP contribution < -0.4 is 5.32 Å². The van der Waals surface area contributed by atoms with Gasteiger partial charge in [0.1, 0.15) is 5.78 Å². The van der Waals surface area contributed by atoms with Gasteiger partial charge >= 0.3 is 6.18 Å². The fourth-order valence-corrected chi connectivity index (χ4v) is 3.70. The second kappa shape index (κ2) is 9.42. The molecule has 30 heavy (non-hydrogen) atoms. The molecule has 1 amide bonds. The minimum atomic E-state index is -4.50. The number of rotatable bonds is 8. The highest BCUT2D eigenvalue weighted by Crippen LogP contribution is 2.36. The van der Waals surface area contributed by atoms with Gasteiger partial charge in [0.2, 0.25) is 5.91 Å². The molecule has 1 fully saturated rings. The van der Waals surface area contributed by atoms with Crippen molar-refractivity contribution in [2.45, 2.75) is 44.3 Å². The maximum atomic E-state index is 13.2. The van der Waals surface area contributed by atoms with Crippen LogP contribution in [0, 0.1) is 5.92 Å². The van der Waals surface area contributed by atoms with E-state index in [4.69, 9.17) is 4.74 Å². The number of halogens is 3. The molecular weight excluding hydrogens is 399 g/mol. The first-order valence-corrected chi connectivity index (χ1v) is 9.78.